The summed E-state index contributed by atoms with van der Waals surface area (Å²) in [7, 11) is 0. The zero-order chi connectivity index (χ0) is 13.2. The Kier molecular flexibility index (Phi) is 2.95. The summed E-state index contributed by atoms with van der Waals surface area (Å²) >= 11 is 0. The van der Waals surface area contributed by atoms with Gasteiger partial charge in [-0.25, -0.2) is 0 Å². The van der Waals surface area contributed by atoms with Crippen molar-refractivity contribution in [2.75, 3.05) is 11.9 Å². The summed E-state index contributed by atoms with van der Waals surface area (Å²) in [6.07, 6.45) is 1.93. The van der Waals surface area contributed by atoms with Gasteiger partial charge in [-0.15, -0.1) is 0 Å². The number of carbonyl (C=O) groups excluding carboxylic acids is 1. The Morgan fingerprint density at radius 1 is 1.37 bits per heavy atom. The van der Waals surface area contributed by atoms with E-state index < -0.39 is 0 Å². The normalized spacial score (nSPS) is 13.5. The standard InChI is InChI=1S/C14H14N2O3/c1-9-7-13(16-19-9)15-14(17)11-4-5-12-10(8-11)3-2-6-18-12/h4-5,7-8H,2-3,6H2,1H3,(H,15,16,17). The predicted octanol–water partition coefficient (Wildman–Crippen LogP) is 2.56. The Hall–Kier alpha value is -2.30. The van der Waals surface area contributed by atoms with Crippen molar-refractivity contribution in [3.63, 3.8) is 0 Å². The number of benzene rings is 1. The second-order valence-electron chi connectivity index (χ2n) is 4.55. The monoisotopic (exact) mass is 258 g/mol. The minimum atomic E-state index is -0.193. The van der Waals surface area contributed by atoms with Crippen molar-refractivity contribution in [3.05, 3.63) is 41.2 Å². The van der Waals surface area contributed by atoms with Crippen LogP contribution in [0.25, 0.3) is 0 Å². The number of ether oxygens (including phenoxy) is 1. The Labute approximate surface area is 110 Å². The van der Waals surface area contributed by atoms with Crippen molar-refractivity contribution in [2.45, 2.75) is 19.8 Å². The lowest BCUT2D eigenvalue weighted by atomic mass is 10.0. The number of amides is 1. The molecule has 3 rings (SSSR count). The maximum absolute atomic E-state index is 12.1. The van der Waals surface area contributed by atoms with Crippen LogP contribution in [0.5, 0.6) is 5.75 Å². The van der Waals surface area contributed by atoms with Gasteiger partial charge in [0.1, 0.15) is 11.5 Å². The first kappa shape index (κ1) is 11.8. The Bertz CT molecular complexity index is 619. The first-order valence-electron chi connectivity index (χ1n) is 6.23. The zero-order valence-corrected chi connectivity index (χ0v) is 10.6. The van der Waals surface area contributed by atoms with Gasteiger partial charge in [-0.1, -0.05) is 5.16 Å². The smallest absolute Gasteiger partial charge is 0.256 e. The van der Waals surface area contributed by atoms with Crippen LogP contribution in [0.4, 0.5) is 5.82 Å². The molecule has 5 nitrogen and oxygen atoms in total. The van der Waals surface area contributed by atoms with Crippen LogP contribution in [0.2, 0.25) is 0 Å². The zero-order valence-electron chi connectivity index (χ0n) is 10.6. The molecule has 0 radical (unpaired) electrons. The van der Waals surface area contributed by atoms with Crippen LogP contribution in [0.3, 0.4) is 0 Å². The molecule has 19 heavy (non-hydrogen) atoms. The molecule has 1 amide bonds. The van der Waals surface area contributed by atoms with Gasteiger partial charge >= 0.3 is 0 Å². The van der Waals surface area contributed by atoms with Crippen LogP contribution in [0.15, 0.2) is 28.8 Å². The van der Waals surface area contributed by atoms with E-state index in [9.17, 15) is 4.79 Å². The Morgan fingerprint density at radius 2 is 2.26 bits per heavy atom. The van der Waals surface area contributed by atoms with Crippen LogP contribution in [-0.4, -0.2) is 17.7 Å². The quantitative estimate of drug-likeness (QED) is 0.899. The molecule has 1 N–H and O–H groups in total. The predicted molar refractivity (Wildman–Crippen MR) is 69.5 cm³/mol. The van der Waals surface area contributed by atoms with E-state index in [0.717, 1.165) is 30.8 Å². The minimum absolute atomic E-state index is 0.193. The lowest BCUT2D eigenvalue weighted by molar-refractivity contribution is 0.102. The third-order valence-corrected chi connectivity index (χ3v) is 3.04. The van der Waals surface area contributed by atoms with Crippen LogP contribution in [-0.2, 0) is 6.42 Å². The van der Waals surface area contributed by atoms with E-state index in [4.69, 9.17) is 9.26 Å². The van der Waals surface area contributed by atoms with Crippen molar-refractivity contribution < 1.29 is 14.1 Å². The van der Waals surface area contributed by atoms with E-state index in [0.29, 0.717) is 17.1 Å². The summed E-state index contributed by atoms with van der Waals surface area (Å²) in [6.45, 7) is 2.52. The minimum Gasteiger partial charge on any atom is -0.493 e. The molecule has 1 aromatic heterocycles. The Morgan fingerprint density at radius 3 is 3.05 bits per heavy atom. The van der Waals surface area contributed by atoms with Gasteiger partial charge in [0.15, 0.2) is 5.82 Å². The highest BCUT2D eigenvalue weighted by molar-refractivity contribution is 6.04. The lowest BCUT2D eigenvalue weighted by Crippen LogP contribution is -2.14. The van der Waals surface area contributed by atoms with E-state index in [-0.39, 0.29) is 5.91 Å². The van der Waals surface area contributed by atoms with E-state index in [2.05, 4.69) is 10.5 Å². The number of aromatic nitrogens is 1. The lowest BCUT2D eigenvalue weighted by Gasteiger charge is -2.17. The maximum atomic E-state index is 12.1. The number of nitrogens with one attached hydrogen (secondary N) is 1. The highest BCUT2D eigenvalue weighted by atomic mass is 16.5. The average Bonchev–Trinajstić information content (AvgIpc) is 2.83. The average molecular weight is 258 g/mol. The van der Waals surface area contributed by atoms with Crippen molar-refractivity contribution in [1.29, 1.82) is 0 Å². The molecular formula is C14H14N2O3. The van der Waals surface area contributed by atoms with Crippen LogP contribution in [0.1, 0.15) is 28.1 Å². The number of anilines is 1. The molecule has 5 heteroatoms. The number of hydrogen-bond acceptors (Lipinski definition) is 4. The van der Waals surface area contributed by atoms with Crippen molar-refractivity contribution in [1.82, 2.24) is 5.16 Å². The first-order chi connectivity index (χ1) is 9.22. The molecule has 1 aromatic carbocycles. The van der Waals surface area contributed by atoms with Gasteiger partial charge < -0.3 is 14.6 Å². The van der Waals surface area contributed by atoms with Crippen molar-refractivity contribution >= 4 is 11.7 Å². The van der Waals surface area contributed by atoms with E-state index in [1.54, 1.807) is 19.1 Å². The van der Waals surface area contributed by atoms with Gasteiger partial charge in [-0.2, -0.15) is 0 Å². The fourth-order valence-corrected chi connectivity index (χ4v) is 2.12. The molecule has 0 saturated heterocycles. The number of nitrogens with zero attached hydrogens (tertiary/aromatic N) is 1. The van der Waals surface area contributed by atoms with Gasteiger partial charge in [0.2, 0.25) is 0 Å². The summed E-state index contributed by atoms with van der Waals surface area (Å²) in [5.41, 5.74) is 1.68. The number of rotatable bonds is 2. The van der Waals surface area contributed by atoms with E-state index >= 15 is 0 Å². The molecule has 0 spiro atoms. The molecule has 0 aliphatic carbocycles. The molecule has 0 saturated carbocycles. The van der Waals surface area contributed by atoms with Crippen LogP contribution >= 0.6 is 0 Å². The molecule has 0 atom stereocenters. The SMILES string of the molecule is Cc1cc(NC(=O)c2ccc3c(c2)CCCO3)no1. The van der Waals surface area contributed by atoms with Gasteiger partial charge in [0.05, 0.1) is 6.61 Å². The van der Waals surface area contributed by atoms with Crippen molar-refractivity contribution in [3.8, 4) is 5.75 Å². The molecule has 98 valence electrons. The number of hydrogen-bond donors (Lipinski definition) is 1. The summed E-state index contributed by atoms with van der Waals surface area (Å²) in [5, 5.41) is 6.44. The fourth-order valence-electron chi connectivity index (χ4n) is 2.12. The van der Waals surface area contributed by atoms with Gasteiger partial charge in [0, 0.05) is 11.6 Å². The largest absolute Gasteiger partial charge is 0.493 e. The second-order valence-corrected chi connectivity index (χ2v) is 4.55. The van der Waals surface area contributed by atoms with E-state index in [1.807, 2.05) is 12.1 Å². The molecular weight excluding hydrogens is 244 g/mol. The van der Waals surface area contributed by atoms with E-state index in [1.165, 1.54) is 0 Å². The summed E-state index contributed by atoms with van der Waals surface area (Å²) in [4.78, 5) is 12.1. The number of aryl methyl sites for hydroxylation is 2. The molecule has 0 unspecified atom stereocenters. The highest BCUT2D eigenvalue weighted by Gasteiger charge is 2.14. The van der Waals surface area contributed by atoms with Crippen LogP contribution < -0.4 is 10.1 Å². The second kappa shape index (κ2) is 4.76. The summed E-state index contributed by atoms with van der Waals surface area (Å²) in [5.74, 6) is 1.77. The highest BCUT2D eigenvalue weighted by Crippen LogP contribution is 2.25. The molecule has 1 aliphatic heterocycles. The maximum Gasteiger partial charge on any atom is 0.256 e. The molecule has 2 heterocycles. The fraction of sp³-hybridized carbons (Fsp3) is 0.286. The van der Waals surface area contributed by atoms with Gasteiger partial charge in [-0.05, 0) is 43.5 Å². The van der Waals surface area contributed by atoms with Crippen molar-refractivity contribution in [2.24, 2.45) is 0 Å². The molecule has 0 fully saturated rings. The topological polar surface area (TPSA) is 64.4 Å². The van der Waals surface area contributed by atoms with Gasteiger partial charge in [-0.3, -0.25) is 4.79 Å². The number of carbonyl (C=O) groups is 1. The number of fused-ring (bicyclic) bond motifs is 1. The Balaban J connectivity index is 1.80. The van der Waals surface area contributed by atoms with Crippen LogP contribution in [0, 0.1) is 6.92 Å². The summed E-state index contributed by atoms with van der Waals surface area (Å²) < 4.78 is 10.4. The third kappa shape index (κ3) is 2.45. The first-order valence-corrected chi connectivity index (χ1v) is 6.23. The van der Waals surface area contributed by atoms with Gasteiger partial charge in [0.25, 0.3) is 5.91 Å². The molecule has 1 aliphatic rings. The summed E-state index contributed by atoms with van der Waals surface area (Å²) in [6, 6.07) is 7.15. The third-order valence-electron chi connectivity index (χ3n) is 3.04. The molecule has 2 aromatic rings. The molecule has 0 bridgehead atoms.